The van der Waals surface area contributed by atoms with Crippen LogP contribution in [-0.2, 0) is 22.7 Å². The van der Waals surface area contributed by atoms with E-state index in [1.807, 2.05) is 86.6 Å². The molecular weight excluding hydrogens is 396 g/mol. The molecule has 0 aromatic heterocycles. The number of nitrogens with one attached hydrogen (secondary N) is 2. The SMILES string of the molecule is Cc1ccc(C=CC(=O)NCc2ccc(CNC(=O)C=Cc3ccc(C)cc3)cc2)cc1. The molecule has 0 radical (unpaired) electrons. The molecule has 0 atom stereocenters. The predicted molar refractivity (Wildman–Crippen MR) is 131 cm³/mol. The van der Waals surface area contributed by atoms with Crippen LogP contribution in [0, 0.1) is 13.8 Å². The van der Waals surface area contributed by atoms with Crippen LogP contribution in [0.25, 0.3) is 12.2 Å². The Kier molecular flexibility index (Phi) is 8.15. The largest absolute Gasteiger partial charge is 0.348 e. The minimum absolute atomic E-state index is 0.137. The van der Waals surface area contributed by atoms with Crippen LogP contribution in [0.2, 0.25) is 0 Å². The molecule has 0 bridgehead atoms. The van der Waals surface area contributed by atoms with Gasteiger partial charge in [0.15, 0.2) is 0 Å². The smallest absolute Gasteiger partial charge is 0.244 e. The number of hydrogen-bond donors (Lipinski definition) is 2. The third-order valence-electron chi connectivity index (χ3n) is 4.97. The zero-order valence-corrected chi connectivity index (χ0v) is 18.5. The Morgan fingerprint density at radius 3 is 1.28 bits per heavy atom. The number of aryl methyl sites for hydroxylation is 2. The average Bonchev–Trinajstić information content (AvgIpc) is 2.81. The minimum Gasteiger partial charge on any atom is -0.348 e. The summed E-state index contributed by atoms with van der Waals surface area (Å²) in [5.74, 6) is -0.274. The third-order valence-corrected chi connectivity index (χ3v) is 4.97. The van der Waals surface area contributed by atoms with Gasteiger partial charge in [0, 0.05) is 25.2 Å². The van der Waals surface area contributed by atoms with E-state index < -0.39 is 0 Å². The molecule has 162 valence electrons. The van der Waals surface area contributed by atoms with Gasteiger partial charge in [0.2, 0.25) is 11.8 Å². The van der Waals surface area contributed by atoms with Gasteiger partial charge in [-0.25, -0.2) is 0 Å². The highest BCUT2D eigenvalue weighted by atomic mass is 16.2. The van der Waals surface area contributed by atoms with Crippen molar-refractivity contribution in [1.29, 1.82) is 0 Å². The highest BCUT2D eigenvalue weighted by Gasteiger charge is 2.00. The van der Waals surface area contributed by atoms with Crippen molar-refractivity contribution in [3.8, 4) is 0 Å². The Hall–Kier alpha value is -3.92. The maximum atomic E-state index is 12.0. The number of benzene rings is 3. The van der Waals surface area contributed by atoms with Crippen LogP contribution in [0.3, 0.4) is 0 Å². The summed E-state index contributed by atoms with van der Waals surface area (Å²) >= 11 is 0. The van der Waals surface area contributed by atoms with Gasteiger partial charge in [-0.15, -0.1) is 0 Å². The molecule has 0 saturated heterocycles. The van der Waals surface area contributed by atoms with Crippen molar-refractivity contribution in [2.45, 2.75) is 26.9 Å². The van der Waals surface area contributed by atoms with E-state index in [4.69, 9.17) is 0 Å². The lowest BCUT2D eigenvalue weighted by atomic mass is 10.1. The van der Waals surface area contributed by atoms with Crippen LogP contribution >= 0.6 is 0 Å². The number of carbonyl (C=O) groups is 2. The van der Waals surface area contributed by atoms with E-state index in [1.165, 1.54) is 11.1 Å². The van der Waals surface area contributed by atoms with Crippen LogP contribution in [0.4, 0.5) is 0 Å². The second-order valence-electron chi connectivity index (χ2n) is 7.74. The van der Waals surface area contributed by atoms with E-state index in [-0.39, 0.29) is 11.8 Å². The predicted octanol–water partition coefficient (Wildman–Crippen LogP) is 4.96. The first-order valence-electron chi connectivity index (χ1n) is 10.6. The summed E-state index contributed by atoms with van der Waals surface area (Å²) in [6, 6.07) is 23.8. The number of hydrogen-bond acceptors (Lipinski definition) is 2. The summed E-state index contributed by atoms with van der Waals surface area (Å²) in [5.41, 5.74) is 6.35. The van der Waals surface area contributed by atoms with Gasteiger partial charge in [0.25, 0.3) is 0 Å². The molecule has 2 amide bonds. The van der Waals surface area contributed by atoms with Crippen LogP contribution in [0.1, 0.15) is 33.4 Å². The van der Waals surface area contributed by atoms with Crippen LogP contribution < -0.4 is 10.6 Å². The van der Waals surface area contributed by atoms with E-state index in [9.17, 15) is 9.59 Å². The molecule has 3 aromatic rings. The van der Waals surface area contributed by atoms with Crippen molar-refractivity contribution in [1.82, 2.24) is 10.6 Å². The van der Waals surface area contributed by atoms with Crippen molar-refractivity contribution in [3.63, 3.8) is 0 Å². The fraction of sp³-hybridized carbons (Fsp3) is 0.143. The maximum Gasteiger partial charge on any atom is 0.244 e. The molecule has 3 rings (SSSR count). The molecule has 0 heterocycles. The van der Waals surface area contributed by atoms with Gasteiger partial charge in [-0.1, -0.05) is 83.9 Å². The fourth-order valence-corrected chi connectivity index (χ4v) is 2.97. The molecule has 0 unspecified atom stereocenters. The molecule has 0 aliphatic carbocycles. The first-order chi connectivity index (χ1) is 15.5. The van der Waals surface area contributed by atoms with Gasteiger partial charge in [-0.2, -0.15) is 0 Å². The lowest BCUT2D eigenvalue weighted by Crippen LogP contribution is -2.21. The minimum atomic E-state index is -0.137. The van der Waals surface area contributed by atoms with Gasteiger partial charge < -0.3 is 10.6 Å². The summed E-state index contributed by atoms with van der Waals surface area (Å²) in [6.45, 7) is 4.96. The highest BCUT2D eigenvalue weighted by molar-refractivity contribution is 5.92. The fourth-order valence-electron chi connectivity index (χ4n) is 2.97. The van der Waals surface area contributed by atoms with Gasteiger partial charge in [-0.3, -0.25) is 9.59 Å². The second-order valence-corrected chi connectivity index (χ2v) is 7.74. The maximum absolute atomic E-state index is 12.0. The zero-order valence-electron chi connectivity index (χ0n) is 18.5. The molecule has 0 fully saturated rings. The summed E-state index contributed by atoms with van der Waals surface area (Å²) in [5, 5.41) is 5.76. The van der Waals surface area contributed by atoms with Crippen molar-refractivity contribution in [3.05, 3.63) is 118 Å². The van der Waals surface area contributed by atoms with E-state index in [0.717, 1.165) is 22.3 Å². The third kappa shape index (κ3) is 7.73. The molecule has 3 aromatic carbocycles. The Morgan fingerprint density at radius 2 is 0.938 bits per heavy atom. The lowest BCUT2D eigenvalue weighted by molar-refractivity contribution is -0.117. The Morgan fingerprint density at radius 1 is 0.594 bits per heavy atom. The Balaban J connectivity index is 1.41. The van der Waals surface area contributed by atoms with Crippen LogP contribution in [-0.4, -0.2) is 11.8 Å². The van der Waals surface area contributed by atoms with Gasteiger partial charge >= 0.3 is 0 Å². The molecule has 2 N–H and O–H groups in total. The highest BCUT2D eigenvalue weighted by Crippen LogP contribution is 2.07. The second kappa shape index (κ2) is 11.5. The number of carbonyl (C=O) groups excluding carboxylic acids is 2. The van der Waals surface area contributed by atoms with E-state index in [1.54, 1.807) is 24.3 Å². The molecule has 0 aliphatic rings. The Bertz CT molecular complexity index is 1000. The van der Waals surface area contributed by atoms with Crippen molar-refractivity contribution < 1.29 is 9.59 Å². The van der Waals surface area contributed by atoms with Crippen molar-refractivity contribution in [2.24, 2.45) is 0 Å². The monoisotopic (exact) mass is 424 g/mol. The van der Waals surface area contributed by atoms with E-state index >= 15 is 0 Å². The zero-order chi connectivity index (χ0) is 22.8. The normalized spacial score (nSPS) is 11.1. The first-order valence-corrected chi connectivity index (χ1v) is 10.6. The van der Waals surface area contributed by atoms with Crippen molar-refractivity contribution >= 4 is 24.0 Å². The quantitative estimate of drug-likeness (QED) is 0.502. The van der Waals surface area contributed by atoms with Gasteiger partial charge in [-0.05, 0) is 48.3 Å². The molecular formula is C28H28N2O2. The Labute approximate surface area is 189 Å². The molecule has 32 heavy (non-hydrogen) atoms. The van der Waals surface area contributed by atoms with Gasteiger partial charge in [0.1, 0.15) is 0 Å². The summed E-state index contributed by atoms with van der Waals surface area (Å²) in [7, 11) is 0. The van der Waals surface area contributed by atoms with Crippen LogP contribution in [0.15, 0.2) is 84.9 Å². The molecule has 0 aliphatic heterocycles. The molecule has 4 nitrogen and oxygen atoms in total. The van der Waals surface area contributed by atoms with E-state index in [0.29, 0.717) is 13.1 Å². The van der Waals surface area contributed by atoms with Crippen molar-refractivity contribution in [2.75, 3.05) is 0 Å². The first kappa shape index (κ1) is 22.8. The van der Waals surface area contributed by atoms with E-state index in [2.05, 4.69) is 10.6 Å². The molecule has 0 spiro atoms. The number of rotatable bonds is 8. The van der Waals surface area contributed by atoms with Crippen LogP contribution in [0.5, 0.6) is 0 Å². The molecule has 4 heteroatoms. The topological polar surface area (TPSA) is 58.2 Å². The molecule has 0 saturated carbocycles. The lowest BCUT2D eigenvalue weighted by Gasteiger charge is -2.06. The van der Waals surface area contributed by atoms with Gasteiger partial charge in [0.05, 0.1) is 0 Å². The standard InChI is InChI=1S/C28H28N2O2/c1-21-3-7-23(8-4-21)15-17-27(31)29-19-25-11-13-26(14-12-25)20-30-28(32)18-16-24-9-5-22(2)6-10-24/h3-18H,19-20H2,1-2H3,(H,29,31)(H,30,32). The number of amides is 2. The average molecular weight is 425 g/mol. The summed E-state index contributed by atoms with van der Waals surface area (Å²) in [4.78, 5) is 24.1. The summed E-state index contributed by atoms with van der Waals surface area (Å²) < 4.78 is 0. The summed E-state index contributed by atoms with van der Waals surface area (Å²) in [6.07, 6.45) is 6.68.